The van der Waals surface area contributed by atoms with Crippen LogP contribution in [0.2, 0.25) is 0 Å². The van der Waals surface area contributed by atoms with Gasteiger partial charge in [-0.15, -0.1) is 0 Å². The summed E-state index contributed by atoms with van der Waals surface area (Å²) in [6.45, 7) is -1.08. The highest BCUT2D eigenvalue weighted by Gasteiger charge is 2.00. The van der Waals surface area contributed by atoms with Gasteiger partial charge in [0.15, 0.2) is 12.4 Å². The summed E-state index contributed by atoms with van der Waals surface area (Å²) in [6.07, 6.45) is -1.02. The molecule has 0 atom stereocenters. The van der Waals surface area contributed by atoms with E-state index in [-0.39, 0.29) is 0 Å². The van der Waals surface area contributed by atoms with Crippen molar-refractivity contribution in [3.63, 3.8) is 0 Å². The maximum atomic E-state index is 10.1. The fourth-order valence-corrected chi connectivity index (χ4v) is 0.197. The Bertz CT molecular complexity index is 122. The van der Waals surface area contributed by atoms with Gasteiger partial charge < -0.3 is 15.6 Å². The SMILES string of the molecule is NC(=O)OCC(=O)CO. The van der Waals surface area contributed by atoms with Crippen LogP contribution in [0.5, 0.6) is 0 Å². The Kier molecular flexibility index (Phi) is 3.38. The smallest absolute Gasteiger partial charge is 0.404 e. The summed E-state index contributed by atoms with van der Waals surface area (Å²) in [7, 11) is 0. The Morgan fingerprint density at radius 2 is 2.11 bits per heavy atom. The molecule has 3 N–H and O–H groups in total. The van der Waals surface area contributed by atoms with Crippen molar-refractivity contribution >= 4 is 11.9 Å². The lowest BCUT2D eigenvalue weighted by Crippen LogP contribution is -2.20. The molecule has 0 aliphatic carbocycles. The summed E-state index contributed by atoms with van der Waals surface area (Å²) in [5.41, 5.74) is 4.50. The third kappa shape index (κ3) is 4.76. The second-order valence-corrected chi connectivity index (χ2v) is 1.30. The zero-order chi connectivity index (χ0) is 7.28. The standard InChI is InChI=1S/C4H7NO4/c5-4(8)9-2-3(7)1-6/h6H,1-2H2,(H2,5,8). The number of amides is 1. The van der Waals surface area contributed by atoms with Crippen molar-refractivity contribution in [2.75, 3.05) is 13.2 Å². The number of hydrogen-bond donors (Lipinski definition) is 2. The van der Waals surface area contributed by atoms with Gasteiger partial charge in [0.1, 0.15) is 6.61 Å². The van der Waals surface area contributed by atoms with Crippen LogP contribution in [0.1, 0.15) is 0 Å². The fourth-order valence-electron chi connectivity index (χ4n) is 0.197. The highest BCUT2D eigenvalue weighted by molar-refractivity contribution is 5.82. The summed E-state index contributed by atoms with van der Waals surface area (Å²) in [5.74, 6) is -0.575. The third-order valence-electron chi connectivity index (χ3n) is 0.552. The Balaban J connectivity index is 3.28. The van der Waals surface area contributed by atoms with Gasteiger partial charge in [-0.3, -0.25) is 4.79 Å². The van der Waals surface area contributed by atoms with E-state index in [1.165, 1.54) is 0 Å². The third-order valence-corrected chi connectivity index (χ3v) is 0.552. The first-order valence-corrected chi connectivity index (χ1v) is 2.21. The number of ketones is 1. The molecule has 0 aromatic rings. The van der Waals surface area contributed by atoms with E-state index in [0.29, 0.717) is 0 Å². The van der Waals surface area contributed by atoms with Crippen LogP contribution in [0.25, 0.3) is 0 Å². The summed E-state index contributed by atoms with van der Waals surface area (Å²) in [6, 6.07) is 0. The molecule has 0 aromatic heterocycles. The van der Waals surface area contributed by atoms with Gasteiger partial charge in [-0.05, 0) is 0 Å². The van der Waals surface area contributed by atoms with Gasteiger partial charge in [0, 0.05) is 0 Å². The molecule has 5 nitrogen and oxygen atoms in total. The summed E-state index contributed by atoms with van der Waals surface area (Å²) < 4.78 is 4.02. The highest BCUT2D eigenvalue weighted by atomic mass is 16.5. The summed E-state index contributed by atoms with van der Waals surface area (Å²) in [4.78, 5) is 19.9. The van der Waals surface area contributed by atoms with E-state index in [1.54, 1.807) is 0 Å². The van der Waals surface area contributed by atoms with Crippen molar-refractivity contribution in [2.24, 2.45) is 5.73 Å². The Morgan fingerprint density at radius 1 is 1.56 bits per heavy atom. The Labute approximate surface area is 51.4 Å². The Hall–Kier alpha value is -1.10. The number of primary amides is 1. The first kappa shape index (κ1) is 7.90. The Morgan fingerprint density at radius 3 is 2.44 bits per heavy atom. The zero-order valence-corrected chi connectivity index (χ0v) is 4.66. The number of carbonyl (C=O) groups excluding carboxylic acids is 2. The van der Waals surface area contributed by atoms with Gasteiger partial charge in [-0.1, -0.05) is 0 Å². The van der Waals surface area contributed by atoms with Crippen LogP contribution in [-0.2, 0) is 9.53 Å². The topological polar surface area (TPSA) is 89.6 Å². The molecule has 52 valence electrons. The number of Topliss-reactive ketones (excluding diaryl/α,β-unsaturated/α-hetero) is 1. The molecule has 5 heteroatoms. The second-order valence-electron chi connectivity index (χ2n) is 1.30. The van der Waals surface area contributed by atoms with Gasteiger partial charge in [-0.2, -0.15) is 0 Å². The molecule has 0 saturated carbocycles. The number of aliphatic hydroxyl groups excluding tert-OH is 1. The van der Waals surface area contributed by atoms with Gasteiger partial charge in [0.25, 0.3) is 0 Å². The van der Waals surface area contributed by atoms with Crippen LogP contribution in [0.15, 0.2) is 0 Å². The lowest BCUT2D eigenvalue weighted by molar-refractivity contribution is -0.124. The monoisotopic (exact) mass is 133 g/mol. The van der Waals surface area contributed by atoms with E-state index in [9.17, 15) is 9.59 Å². The average Bonchev–Trinajstić information content (AvgIpc) is 1.83. The molecule has 0 rings (SSSR count). The normalized spacial score (nSPS) is 8.56. The van der Waals surface area contributed by atoms with Crippen molar-refractivity contribution in [1.82, 2.24) is 0 Å². The first-order valence-electron chi connectivity index (χ1n) is 2.21. The number of carbonyl (C=O) groups is 2. The summed E-state index contributed by atoms with van der Waals surface area (Å²) in [5, 5.41) is 8.07. The molecule has 0 aromatic carbocycles. The number of aliphatic hydroxyl groups is 1. The molecule has 0 spiro atoms. The minimum absolute atomic E-state index is 0.453. The number of nitrogens with two attached hydrogens (primary N) is 1. The minimum atomic E-state index is -1.02. The zero-order valence-electron chi connectivity index (χ0n) is 4.66. The molecule has 0 bridgehead atoms. The molecule has 0 aliphatic rings. The van der Waals surface area contributed by atoms with Crippen LogP contribution in [0, 0.1) is 0 Å². The van der Waals surface area contributed by atoms with Crippen molar-refractivity contribution in [3.8, 4) is 0 Å². The van der Waals surface area contributed by atoms with E-state index in [4.69, 9.17) is 5.11 Å². The molecule has 0 aliphatic heterocycles. The average molecular weight is 133 g/mol. The van der Waals surface area contributed by atoms with E-state index >= 15 is 0 Å². The van der Waals surface area contributed by atoms with Crippen molar-refractivity contribution in [1.29, 1.82) is 0 Å². The second kappa shape index (κ2) is 3.85. The van der Waals surface area contributed by atoms with Gasteiger partial charge in [0.05, 0.1) is 0 Å². The van der Waals surface area contributed by atoms with E-state index in [0.717, 1.165) is 0 Å². The van der Waals surface area contributed by atoms with Gasteiger partial charge >= 0.3 is 6.09 Å². The lowest BCUT2D eigenvalue weighted by atomic mass is 10.5. The molecular weight excluding hydrogens is 126 g/mol. The quantitative estimate of drug-likeness (QED) is 0.497. The highest BCUT2D eigenvalue weighted by Crippen LogP contribution is 1.74. The van der Waals surface area contributed by atoms with Crippen LogP contribution >= 0.6 is 0 Å². The van der Waals surface area contributed by atoms with E-state index < -0.39 is 25.1 Å². The number of rotatable bonds is 3. The van der Waals surface area contributed by atoms with E-state index in [2.05, 4.69) is 10.5 Å². The fraction of sp³-hybridized carbons (Fsp3) is 0.500. The molecule has 0 radical (unpaired) electrons. The number of hydrogen-bond acceptors (Lipinski definition) is 4. The largest absolute Gasteiger partial charge is 0.442 e. The molecule has 0 fully saturated rings. The molecule has 0 saturated heterocycles. The summed E-state index contributed by atoms with van der Waals surface area (Å²) >= 11 is 0. The maximum absolute atomic E-state index is 10.1. The molecule has 0 unspecified atom stereocenters. The maximum Gasteiger partial charge on any atom is 0.404 e. The van der Waals surface area contributed by atoms with Crippen LogP contribution < -0.4 is 5.73 Å². The van der Waals surface area contributed by atoms with Crippen molar-refractivity contribution in [3.05, 3.63) is 0 Å². The minimum Gasteiger partial charge on any atom is -0.442 e. The lowest BCUT2D eigenvalue weighted by Gasteiger charge is -1.95. The van der Waals surface area contributed by atoms with Crippen LogP contribution in [-0.4, -0.2) is 30.2 Å². The van der Waals surface area contributed by atoms with Gasteiger partial charge in [-0.25, -0.2) is 4.79 Å². The predicted molar refractivity (Wildman–Crippen MR) is 27.6 cm³/mol. The molecule has 0 heterocycles. The van der Waals surface area contributed by atoms with Crippen molar-refractivity contribution < 1.29 is 19.4 Å². The molecule has 1 amide bonds. The predicted octanol–water partition coefficient (Wildman–Crippen LogP) is -1.36. The van der Waals surface area contributed by atoms with Gasteiger partial charge in [0.2, 0.25) is 0 Å². The van der Waals surface area contributed by atoms with Crippen LogP contribution in [0.4, 0.5) is 4.79 Å². The van der Waals surface area contributed by atoms with E-state index in [1.807, 2.05) is 0 Å². The van der Waals surface area contributed by atoms with Crippen LogP contribution in [0.3, 0.4) is 0 Å². The first-order chi connectivity index (χ1) is 4.16. The number of ether oxygens (including phenoxy) is 1. The molecular formula is C4H7NO4. The molecule has 9 heavy (non-hydrogen) atoms. The van der Waals surface area contributed by atoms with Crippen molar-refractivity contribution in [2.45, 2.75) is 0 Å².